The van der Waals surface area contributed by atoms with Gasteiger partial charge < -0.3 is 4.74 Å². The van der Waals surface area contributed by atoms with Crippen LogP contribution in [0.25, 0.3) is 6.08 Å². The SMILES string of the molecule is C=Cc1cc(C)cc(OCc2ccc(C)cc2C(C)(C)C)c1. The summed E-state index contributed by atoms with van der Waals surface area (Å²) in [5.41, 5.74) is 6.29. The molecule has 22 heavy (non-hydrogen) atoms. The molecule has 0 spiro atoms. The zero-order valence-corrected chi connectivity index (χ0v) is 14.4. The molecule has 0 unspecified atom stereocenters. The van der Waals surface area contributed by atoms with E-state index in [1.165, 1.54) is 22.3 Å². The molecule has 1 nitrogen and oxygen atoms in total. The van der Waals surface area contributed by atoms with Gasteiger partial charge in [-0.2, -0.15) is 0 Å². The van der Waals surface area contributed by atoms with Crippen LogP contribution in [0.5, 0.6) is 5.75 Å². The quantitative estimate of drug-likeness (QED) is 0.690. The minimum Gasteiger partial charge on any atom is -0.489 e. The van der Waals surface area contributed by atoms with Gasteiger partial charge in [-0.05, 0) is 53.6 Å². The van der Waals surface area contributed by atoms with Gasteiger partial charge in [-0.1, -0.05) is 63.3 Å². The monoisotopic (exact) mass is 294 g/mol. The summed E-state index contributed by atoms with van der Waals surface area (Å²) in [6.07, 6.45) is 1.85. The van der Waals surface area contributed by atoms with Gasteiger partial charge in [-0.3, -0.25) is 0 Å². The fraction of sp³-hybridized carbons (Fsp3) is 0.333. The van der Waals surface area contributed by atoms with E-state index in [1.807, 2.05) is 12.1 Å². The van der Waals surface area contributed by atoms with Crippen molar-refractivity contribution in [2.45, 2.75) is 46.6 Å². The molecule has 0 N–H and O–H groups in total. The maximum Gasteiger partial charge on any atom is 0.120 e. The van der Waals surface area contributed by atoms with E-state index in [0.29, 0.717) is 6.61 Å². The summed E-state index contributed by atoms with van der Waals surface area (Å²) in [6, 6.07) is 12.8. The third kappa shape index (κ3) is 4.00. The normalized spacial score (nSPS) is 11.3. The van der Waals surface area contributed by atoms with Crippen LogP contribution >= 0.6 is 0 Å². The lowest BCUT2D eigenvalue weighted by Crippen LogP contribution is -2.15. The van der Waals surface area contributed by atoms with Crippen molar-refractivity contribution in [2.75, 3.05) is 0 Å². The standard InChI is InChI=1S/C21H26O/c1-7-17-10-16(3)11-19(13-17)22-14-18-9-8-15(2)12-20(18)21(4,5)6/h7-13H,1,14H2,2-6H3. The zero-order valence-electron chi connectivity index (χ0n) is 14.4. The summed E-state index contributed by atoms with van der Waals surface area (Å²) >= 11 is 0. The fourth-order valence-corrected chi connectivity index (χ4v) is 2.65. The lowest BCUT2D eigenvalue weighted by molar-refractivity contribution is 0.302. The Balaban J connectivity index is 2.25. The topological polar surface area (TPSA) is 9.23 Å². The second-order valence-electron chi connectivity index (χ2n) is 6.98. The third-order valence-electron chi connectivity index (χ3n) is 3.78. The smallest absolute Gasteiger partial charge is 0.120 e. The van der Waals surface area contributed by atoms with E-state index in [-0.39, 0.29) is 5.41 Å². The summed E-state index contributed by atoms with van der Waals surface area (Å²) in [5.74, 6) is 0.898. The molecular weight excluding hydrogens is 268 g/mol. The van der Waals surface area contributed by atoms with Gasteiger partial charge in [-0.15, -0.1) is 0 Å². The number of hydrogen-bond acceptors (Lipinski definition) is 1. The highest BCUT2D eigenvalue weighted by Crippen LogP contribution is 2.28. The molecule has 0 aliphatic carbocycles. The first kappa shape index (κ1) is 16.4. The van der Waals surface area contributed by atoms with Gasteiger partial charge in [0.15, 0.2) is 0 Å². The zero-order chi connectivity index (χ0) is 16.3. The minimum atomic E-state index is 0.115. The van der Waals surface area contributed by atoms with Crippen molar-refractivity contribution >= 4 is 6.08 Å². The molecule has 0 radical (unpaired) electrons. The van der Waals surface area contributed by atoms with Gasteiger partial charge in [0, 0.05) is 0 Å². The maximum atomic E-state index is 6.04. The third-order valence-corrected chi connectivity index (χ3v) is 3.78. The van der Waals surface area contributed by atoms with Gasteiger partial charge in [0.05, 0.1) is 0 Å². The summed E-state index contributed by atoms with van der Waals surface area (Å²) < 4.78 is 6.04. The molecule has 0 amide bonds. The van der Waals surface area contributed by atoms with Gasteiger partial charge in [-0.25, -0.2) is 0 Å². The van der Waals surface area contributed by atoms with Crippen molar-refractivity contribution in [2.24, 2.45) is 0 Å². The fourth-order valence-electron chi connectivity index (χ4n) is 2.65. The van der Waals surface area contributed by atoms with Gasteiger partial charge in [0.1, 0.15) is 12.4 Å². The van der Waals surface area contributed by atoms with Gasteiger partial charge in [0.2, 0.25) is 0 Å². The Morgan fingerprint density at radius 3 is 2.36 bits per heavy atom. The van der Waals surface area contributed by atoms with Crippen molar-refractivity contribution < 1.29 is 4.74 Å². The number of ether oxygens (including phenoxy) is 1. The second kappa shape index (κ2) is 6.39. The van der Waals surface area contributed by atoms with Crippen LogP contribution in [0.4, 0.5) is 0 Å². The molecule has 0 bridgehead atoms. The van der Waals surface area contributed by atoms with E-state index >= 15 is 0 Å². The van der Waals surface area contributed by atoms with E-state index in [2.05, 4.69) is 71.5 Å². The Kier molecular flexibility index (Phi) is 4.75. The second-order valence-corrected chi connectivity index (χ2v) is 6.98. The molecule has 0 aromatic heterocycles. The van der Waals surface area contributed by atoms with Crippen molar-refractivity contribution in [3.63, 3.8) is 0 Å². The lowest BCUT2D eigenvalue weighted by Gasteiger charge is -2.24. The highest BCUT2D eigenvalue weighted by Gasteiger charge is 2.18. The highest BCUT2D eigenvalue weighted by atomic mass is 16.5. The van der Waals surface area contributed by atoms with Crippen LogP contribution in [0.15, 0.2) is 43.0 Å². The molecule has 0 saturated carbocycles. The van der Waals surface area contributed by atoms with Crippen LogP contribution in [0.3, 0.4) is 0 Å². The molecule has 2 rings (SSSR count). The Morgan fingerprint density at radius 2 is 1.73 bits per heavy atom. The molecule has 0 atom stereocenters. The largest absolute Gasteiger partial charge is 0.489 e. The molecule has 116 valence electrons. The first-order valence-corrected chi connectivity index (χ1v) is 7.76. The highest BCUT2D eigenvalue weighted by molar-refractivity contribution is 5.51. The predicted molar refractivity (Wildman–Crippen MR) is 95.5 cm³/mol. The van der Waals surface area contributed by atoms with E-state index in [9.17, 15) is 0 Å². The van der Waals surface area contributed by atoms with E-state index < -0.39 is 0 Å². The Bertz CT molecular complexity index is 675. The average molecular weight is 294 g/mol. The number of benzene rings is 2. The van der Waals surface area contributed by atoms with Crippen LogP contribution in [0.2, 0.25) is 0 Å². The number of hydrogen-bond donors (Lipinski definition) is 0. The molecule has 2 aromatic rings. The van der Waals surface area contributed by atoms with Crippen molar-refractivity contribution in [3.05, 3.63) is 70.8 Å². The number of aryl methyl sites for hydroxylation is 2. The molecule has 0 aliphatic rings. The average Bonchev–Trinajstić information content (AvgIpc) is 2.44. The summed E-state index contributed by atoms with van der Waals surface area (Å²) in [7, 11) is 0. The summed E-state index contributed by atoms with van der Waals surface area (Å²) in [4.78, 5) is 0. The van der Waals surface area contributed by atoms with Crippen LogP contribution < -0.4 is 4.74 Å². The molecule has 1 heteroatoms. The minimum absolute atomic E-state index is 0.115. The molecule has 0 heterocycles. The van der Waals surface area contributed by atoms with E-state index in [4.69, 9.17) is 4.74 Å². The van der Waals surface area contributed by atoms with Crippen molar-refractivity contribution in [1.29, 1.82) is 0 Å². The Labute approximate surface area is 134 Å². The van der Waals surface area contributed by atoms with Crippen LogP contribution in [-0.4, -0.2) is 0 Å². The predicted octanol–water partition coefficient (Wildman–Crippen LogP) is 5.82. The summed E-state index contributed by atoms with van der Waals surface area (Å²) in [6.45, 7) is 15.4. The van der Waals surface area contributed by atoms with E-state index in [0.717, 1.165) is 11.3 Å². The lowest BCUT2D eigenvalue weighted by atomic mass is 9.83. The number of rotatable bonds is 4. The van der Waals surface area contributed by atoms with Crippen molar-refractivity contribution in [1.82, 2.24) is 0 Å². The van der Waals surface area contributed by atoms with Crippen LogP contribution in [-0.2, 0) is 12.0 Å². The van der Waals surface area contributed by atoms with E-state index in [1.54, 1.807) is 0 Å². The Hall–Kier alpha value is -2.02. The maximum absolute atomic E-state index is 6.04. The first-order valence-electron chi connectivity index (χ1n) is 7.76. The van der Waals surface area contributed by atoms with Crippen molar-refractivity contribution in [3.8, 4) is 5.75 Å². The van der Waals surface area contributed by atoms with Gasteiger partial charge >= 0.3 is 0 Å². The van der Waals surface area contributed by atoms with Gasteiger partial charge in [0.25, 0.3) is 0 Å². The molecule has 2 aromatic carbocycles. The molecule has 0 saturated heterocycles. The first-order chi connectivity index (χ1) is 10.3. The molecular formula is C21H26O. The molecule has 0 fully saturated rings. The Morgan fingerprint density at radius 1 is 1.00 bits per heavy atom. The molecule has 0 aliphatic heterocycles. The van der Waals surface area contributed by atoms with Crippen LogP contribution in [0.1, 0.15) is 48.6 Å². The van der Waals surface area contributed by atoms with Crippen LogP contribution in [0, 0.1) is 13.8 Å². The summed E-state index contributed by atoms with van der Waals surface area (Å²) in [5, 5.41) is 0.